The number of anilines is 2. The summed E-state index contributed by atoms with van der Waals surface area (Å²) < 4.78 is 27.7. The lowest BCUT2D eigenvalue weighted by molar-refractivity contribution is -0.158. The van der Waals surface area contributed by atoms with Crippen molar-refractivity contribution in [3.05, 3.63) is 71.8 Å². The molecule has 9 heteroatoms. The summed E-state index contributed by atoms with van der Waals surface area (Å²) >= 11 is 0. The number of likely N-dealkylation sites (tertiary alicyclic amines) is 1. The maximum absolute atomic E-state index is 14.1. The lowest BCUT2D eigenvalue weighted by atomic mass is 10.0. The molecular formula is C30H34FN5O3. The van der Waals surface area contributed by atoms with Crippen LogP contribution in [0, 0.1) is 5.82 Å². The van der Waals surface area contributed by atoms with Gasteiger partial charge in [0, 0.05) is 50.2 Å². The molecule has 4 aromatic rings. The van der Waals surface area contributed by atoms with Gasteiger partial charge in [0.05, 0.1) is 23.1 Å². The van der Waals surface area contributed by atoms with Crippen LogP contribution in [-0.4, -0.2) is 50.6 Å². The Kier molecular flexibility index (Phi) is 7.52. The minimum Gasteiger partial charge on any atom is -0.459 e. The zero-order chi connectivity index (χ0) is 27.7. The highest BCUT2D eigenvalue weighted by Crippen LogP contribution is 2.29. The van der Waals surface area contributed by atoms with Crippen molar-refractivity contribution in [2.24, 2.45) is 7.05 Å². The molecule has 1 saturated heterocycles. The molecule has 0 spiro atoms. The summed E-state index contributed by atoms with van der Waals surface area (Å²) in [5.41, 5.74) is 3.68. The van der Waals surface area contributed by atoms with E-state index in [1.807, 2.05) is 49.7 Å². The number of nitrogens with one attached hydrogen (secondary N) is 1. The third-order valence-electron chi connectivity index (χ3n) is 6.98. The molecule has 0 amide bonds. The SMILES string of the molecule is CC(C)c1cc(Nc2nc3cc(Oc4ccnc(CC(=O)OC5CN(C(C)C)C5)c4)ccc3n2C)ccc1F. The molecule has 2 aromatic carbocycles. The first kappa shape index (κ1) is 26.6. The Morgan fingerprint density at radius 1 is 1.08 bits per heavy atom. The third-order valence-corrected chi connectivity index (χ3v) is 6.98. The number of ether oxygens (including phenoxy) is 2. The van der Waals surface area contributed by atoms with Gasteiger partial charge in [-0.3, -0.25) is 14.7 Å². The summed E-state index contributed by atoms with van der Waals surface area (Å²) in [6, 6.07) is 14.6. The van der Waals surface area contributed by atoms with Gasteiger partial charge < -0.3 is 19.4 Å². The predicted molar refractivity (Wildman–Crippen MR) is 149 cm³/mol. The highest BCUT2D eigenvalue weighted by Gasteiger charge is 2.31. The highest BCUT2D eigenvalue weighted by atomic mass is 19.1. The summed E-state index contributed by atoms with van der Waals surface area (Å²) in [6.45, 7) is 9.74. The molecule has 0 bridgehead atoms. The highest BCUT2D eigenvalue weighted by molar-refractivity contribution is 5.81. The molecule has 2 aromatic heterocycles. The van der Waals surface area contributed by atoms with Crippen LogP contribution in [-0.2, 0) is 23.0 Å². The van der Waals surface area contributed by atoms with E-state index in [1.165, 1.54) is 6.07 Å². The van der Waals surface area contributed by atoms with Crippen LogP contribution in [0.15, 0.2) is 54.7 Å². The molecular weight excluding hydrogens is 497 g/mol. The Morgan fingerprint density at radius 2 is 1.85 bits per heavy atom. The minimum atomic E-state index is -0.287. The Morgan fingerprint density at radius 3 is 2.59 bits per heavy atom. The summed E-state index contributed by atoms with van der Waals surface area (Å²) in [4.78, 5) is 23.7. The largest absolute Gasteiger partial charge is 0.459 e. The second kappa shape index (κ2) is 11.0. The number of hydrogen-bond donors (Lipinski definition) is 1. The molecule has 0 aliphatic carbocycles. The van der Waals surface area contributed by atoms with E-state index in [0.717, 1.165) is 29.8 Å². The Balaban J connectivity index is 1.25. The minimum absolute atomic E-state index is 0.0517. The van der Waals surface area contributed by atoms with Crippen molar-refractivity contribution in [3.63, 3.8) is 0 Å². The normalized spacial score (nSPS) is 14.2. The van der Waals surface area contributed by atoms with Crippen molar-refractivity contribution in [2.45, 2.75) is 52.2 Å². The second-order valence-corrected chi connectivity index (χ2v) is 10.6. The van der Waals surface area contributed by atoms with E-state index < -0.39 is 0 Å². The number of aromatic nitrogens is 3. The smallest absolute Gasteiger partial charge is 0.312 e. The number of imidazole rings is 1. The van der Waals surface area contributed by atoms with Crippen LogP contribution in [0.25, 0.3) is 11.0 Å². The van der Waals surface area contributed by atoms with Gasteiger partial charge in [-0.15, -0.1) is 0 Å². The number of aryl methyl sites for hydroxylation is 1. The molecule has 0 saturated carbocycles. The summed E-state index contributed by atoms with van der Waals surface area (Å²) in [6.07, 6.45) is 1.66. The van der Waals surface area contributed by atoms with E-state index >= 15 is 0 Å². The first-order valence-electron chi connectivity index (χ1n) is 13.3. The van der Waals surface area contributed by atoms with Gasteiger partial charge in [0.25, 0.3) is 0 Å². The zero-order valence-electron chi connectivity index (χ0n) is 22.9. The van der Waals surface area contributed by atoms with Crippen LogP contribution in [0.2, 0.25) is 0 Å². The fourth-order valence-corrected chi connectivity index (χ4v) is 4.64. The van der Waals surface area contributed by atoms with Gasteiger partial charge in [-0.05, 0) is 61.7 Å². The summed E-state index contributed by atoms with van der Waals surface area (Å²) in [5, 5.41) is 3.30. The monoisotopic (exact) mass is 531 g/mol. The number of rotatable bonds is 9. The number of pyridine rings is 1. The van der Waals surface area contributed by atoms with Crippen molar-refractivity contribution in [1.29, 1.82) is 0 Å². The van der Waals surface area contributed by atoms with E-state index in [9.17, 15) is 9.18 Å². The average molecular weight is 532 g/mol. The number of carbonyl (C=O) groups is 1. The fraction of sp³-hybridized carbons (Fsp3) is 0.367. The number of halogens is 1. The predicted octanol–water partition coefficient (Wildman–Crippen LogP) is 5.95. The molecule has 0 atom stereocenters. The van der Waals surface area contributed by atoms with E-state index in [0.29, 0.717) is 34.7 Å². The maximum Gasteiger partial charge on any atom is 0.312 e. The van der Waals surface area contributed by atoms with Crippen LogP contribution in [0.3, 0.4) is 0 Å². The standard InChI is InChI=1S/C30H34FN5O3/c1-18(2)25-13-20(6-8-26(25)31)33-30-34-27-15-22(7-9-28(27)35(30)5)38-23-10-11-32-21(12-23)14-29(37)39-24-16-36(17-24)19(3)4/h6-13,15,18-19,24H,14,16-17H2,1-5H3,(H,33,34). The molecule has 0 radical (unpaired) electrons. The van der Waals surface area contributed by atoms with Crippen molar-refractivity contribution < 1.29 is 18.7 Å². The van der Waals surface area contributed by atoms with E-state index in [1.54, 1.807) is 24.4 Å². The van der Waals surface area contributed by atoms with Crippen LogP contribution >= 0.6 is 0 Å². The molecule has 1 aliphatic heterocycles. The van der Waals surface area contributed by atoms with Gasteiger partial charge >= 0.3 is 5.97 Å². The lowest BCUT2D eigenvalue weighted by Crippen LogP contribution is -2.55. The van der Waals surface area contributed by atoms with E-state index in [4.69, 9.17) is 14.5 Å². The quantitative estimate of drug-likeness (QED) is 0.268. The van der Waals surface area contributed by atoms with Gasteiger partial charge in [0.2, 0.25) is 5.95 Å². The Bertz CT molecular complexity index is 1490. The summed E-state index contributed by atoms with van der Waals surface area (Å²) in [7, 11) is 1.92. The van der Waals surface area contributed by atoms with Crippen molar-refractivity contribution in [3.8, 4) is 11.5 Å². The topological polar surface area (TPSA) is 81.5 Å². The number of esters is 1. The van der Waals surface area contributed by atoms with Crippen LogP contribution in [0.4, 0.5) is 16.0 Å². The zero-order valence-corrected chi connectivity index (χ0v) is 22.9. The first-order chi connectivity index (χ1) is 18.7. The molecule has 39 heavy (non-hydrogen) atoms. The molecule has 1 aliphatic rings. The first-order valence-corrected chi connectivity index (χ1v) is 13.3. The lowest BCUT2D eigenvalue weighted by Gasteiger charge is -2.41. The average Bonchev–Trinajstić information content (AvgIpc) is 3.16. The van der Waals surface area contributed by atoms with Crippen molar-refractivity contribution in [1.82, 2.24) is 19.4 Å². The van der Waals surface area contributed by atoms with Crippen molar-refractivity contribution in [2.75, 3.05) is 18.4 Å². The van der Waals surface area contributed by atoms with Gasteiger partial charge in [-0.1, -0.05) is 13.8 Å². The van der Waals surface area contributed by atoms with E-state index in [2.05, 4.69) is 29.0 Å². The summed E-state index contributed by atoms with van der Waals surface area (Å²) in [5.74, 6) is 1.39. The number of hydrogen-bond acceptors (Lipinski definition) is 7. The molecule has 0 unspecified atom stereocenters. The number of carbonyl (C=O) groups excluding carboxylic acids is 1. The van der Waals surface area contributed by atoms with Gasteiger partial charge in [0.1, 0.15) is 23.4 Å². The number of fused-ring (bicyclic) bond motifs is 1. The van der Waals surface area contributed by atoms with Gasteiger partial charge in [-0.2, -0.15) is 0 Å². The third kappa shape index (κ3) is 6.04. The Labute approximate surface area is 227 Å². The molecule has 1 N–H and O–H groups in total. The van der Waals surface area contributed by atoms with Gasteiger partial charge in [0.15, 0.2) is 0 Å². The van der Waals surface area contributed by atoms with Crippen LogP contribution in [0.5, 0.6) is 11.5 Å². The maximum atomic E-state index is 14.1. The number of benzene rings is 2. The molecule has 5 rings (SSSR count). The number of nitrogens with zero attached hydrogens (tertiary/aromatic N) is 4. The fourth-order valence-electron chi connectivity index (χ4n) is 4.64. The van der Waals surface area contributed by atoms with Crippen LogP contribution in [0.1, 0.15) is 44.9 Å². The Hall–Kier alpha value is -3.98. The molecule has 3 heterocycles. The van der Waals surface area contributed by atoms with Crippen molar-refractivity contribution >= 4 is 28.6 Å². The van der Waals surface area contributed by atoms with E-state index in [-0.39, 0.29) is 30.2 Å². The van der Waals surface area contributed by atoms with Gasteiger partial charge in [-0.25, -0.2) is 9.37 Å². The molecule has 8 nitrogen and oxygen atoms in total. The van der Waals surface area contributed by atoms with Crippen LogP contribution < -0.4 is 10.1 Å². The molecule has 204 valence electrons. The second-order valence-electron chi connectivity index (χ2n) is 10.6. The molecule has 1 fully saturated rings.